The van der Waals surface area contributed by atoms with Gasteiger partial charge in [-0.05, 0) is 48.2 Å². The first kappa shape index (κ1) is 21.8. The van der Waals surface area contributed by atoms with Crippen molar-refractivity contribution in [3.05, 3.63) is 77.0 Å². The Morgan fingerprint density at radius 3 is 2.65 bits per heavy atom. The molecule has 1 heterocycles. The molecule has 31 heavy (non-hydrogen) atoms. The zero-order valence-corrected chi connectivity index (χ0v) is 16.6. The molecule has 0 spiro atoms. The second-order valence-corrected chi connectivity index (χ2v) is 7.04. The number of hydrogen-bond donors (Lipinski definition) is 2. The molecule has 3 rings (SSSR count). The van der Waals surface area contributed by atoms with Gasteiger partial charge in [0, 0.05) is 23.9 Å². The van der Waals surface area contributed by atoms with Crippen molar-refractivity contribution < 1.29 is 18.0 Å². The first-order valence-corrected chi connectivity index (χ1v) is 9.40. The van der Waals surface area contributed by atoms with Crippen LogP contribution in [0, 0.1) is 18.3 Å². The summed E-state index contributed by atoms with van der Waals surface area (Å²) in [6.07, 6.45) is -2.42. The Hall–Kier alpha value is -3.86. The fourth-order valence-electron chi connectivity index (χ4n) is 3.12. The van der Waals surface area contributed by atoms with Gasteiger partial charge in [-0.1, -0.05) is 30.3 Å². The number of nitriles is 1. The van der Waals surface area contributed by atoms with Gasteiger partial charge in [0.2, 0.25) is 5.91 Å². The van der Waals surface area contributed by atoms with Crippen molar-refractivity contribution in [3.63, 3.8) is 0 Å². The molecule has 3 N–H and O–H groups in total. The highest BCUT2D eigenvalue weighted by Crippen LogP contribution is 2.33. The van der Waals surface area contributed by atoms with Gasteiger partial charge in [-0.2, -0.15) is 18.4 Å². The van der Waals surface area contributed by atoms with Crippen LogP contribution in [-0.4, -0.2) is 10.9 Å². The number of rotatable bonds is 5. The summed E-state index contributed by atoms with van der Waals surface area (Å²) in [5.74, 6) is -0.229. The zero-order chi connectivity index (χ0) is 22.6. The van der Waals surface area contributed by atoms with Crippen LogP contribution >= 0.6 is 0 Å². The lowest BCUT2D eigenvalue weighted by molar-refractivity contribution is -0.138. The molecule has 0 aliphatic carbocycles. The lowest BCUT2D eigenvalue weighted by Gasteiger charge is -2.13. The van der Waals surface area contributed by atoms with Crippen LogP contribution in [-0.2, 0) is 17.4 Å². The number of nitrogens with zero attached hydrogens (tertiary/aromatic N) is 2. The molecule has 0 saturated heterocycles. The van der Waals surface area contributed by atoms with E-state index < -0.39 is 11.7 Å². The number of benzene rings is 2. The van der Waals surface area contributed by atoms with Crippen LogP contribution < -0.4 is 11.1 Å². The number of aryl methyl sites for hydroxylation is 2. The second-order valence-electron chi connectivity index (χ2n) is 7.04. The number of halogens is 3. The average Bonchev–Trinajstić information content (AvgIpc) is 2.73. The van der Waals surface area contributed by atoms with E-state index in [-0.39, 0.29) is 35.0 Å². The SMILES string of the molecule is Cc1ccc(NC(=O)CCc2cccc(-c3cnc(N)c(C#N)c3)c2)cc1C(F)(F)F. The summed E-state index contributed by atoms with van der Waals surface area (Å²) in [4.78, 5) is 16.3. The Kier molecular flexibility index (Phi) is 6.25. The van der Waals surface area contributed by atoms with Gasteiger partial charge in [-0.15, -0.1) is 0 Å². The number of amides is 1. The predicted molar refractivity (Wildman–Crippen MR) is 112 cm³/mol. The number of nitrogens with one attached hydrogen (secondary N) is 1. The van der Waals surface area contributed by atoms with E-state index in [1.807, 2.05) is 30.3 Å². The van der Waals surface area contributed by atoms with Gasteiger partial charge in [-0.25, -0.2) is 4.98 Å². The average molecular weight is 424 g/mol. The van der Waals surface area contributed by atoms with Gasteiger partial charge in [0.05, 0.1) is 11.1 Å². The molecular formula is C23H19F3N4O. The zero-order valence-electron chi connectivity index (χ0n) is 16.6. The molecule has 2 aromatic carbocycles. The minimum atomic E-state index is -4.48. The van der Waals surface area contributed by atoms with E-state index in [0.717, 1.165) is 22.8 Å². The third-order valence-corrected chi connectivity index (χ3v) is 4.77. The predicted octanol–water partition coefficient (Wildman–Crippen LogP) is 5.10. The van der Waals surface area contributed by atoms with E-state index >= 15 is 0 Å². The first-order valence-electron chi connectivity index (χ1n) is 9.40. The second kappa shape index (κ2) is 8.88. The van der Waals surface area contributed by atoms with Crippen LogP contribution in [0.1, 0.15) is 28.7 Å². The fraction of sp³-hybridized carbons (Fsp3) is 0.174. The number of nitrogens with two attached hydrogens (primary N) is 1. The molecule has 0 aliphatic rings. The third-order valence-electron chi connectivity index (χ3n) is 4.77. The first-order chi connectivity index (χ1) is 14.7. The van der Waals surface area contributed by atoms with Crippen LogP contribution in [0.4, 0.5) is 24.7 Å². The molecule has 0 radical (unpaired) electrons. The number of anilines is 2. The van der Waals surface area contributed by atoms with E-state index in [0.29, 0.717) is 6.42 Å². The van der Waals surface area contributed by atoms with E-state index in [1.54, 1.807) is 12.3 Å². The van der Waals surface area contributed by atoms with Crippen LogP contribution in [0.3, 0.4) is 0 Å². The Bertz CT molecular complexity index is 1170. The van der Waals surface area contributed by atoms with Crippen molar-refractivity contribution in [2.75, 3.05) is 11.1 Å². The lowest BCUT2D eigenvalue weighted by Crippen LogP contribution is -2.14. The molecule has 158 valence electrons. The highest BCUT2D eigenvalue weighted by Gasteiger charge is 2.32. The summed E-state index contributed by atoms with van der Waals surface area (Å²) in [5.41, 5.74) is 7.76. The van der Waals surface area contributed by atoms with Gasteiger partial charge >= 0.3 is 6.18 Å². The van der Waals surface area contributed by atoms with Crippen LogP contribution in [0.15, 0.2) is 54.7 Å². The highest BCUT2D eigenvalue weighted by molar-refractivity contribution is 5.91. The number of aromatic nitrogens is 1. The van der Waals surface area contributed by atoms with E-state index in [9.17, 15) is 18.0 Å². The molecule has 5 nitrogen and oxygen atoms in total. The van der Waals surface area contributed by atoms with Crippen LogP contribution in [0.5, 0.6) is 0 Å². The highest BCUT2D eigenvalue weighted by atomic mass is 19.4. The van der Waals surface area contributed by atoms with Crippen molar-refractivity contribution in [3.8, 4) is 17.2 Å². The molecule has 8 heteroatoms. The molecule has 0 aliphatic heterocycles. The van der Waals surface area contributed by atoms with Gasteiger partial charge in [0.15, 0.2) is 0 Å². The Labute approximate surface area is 177 Å². The topological polar surface area (TPSA) is 91.8 Å². The van der Waals surface area contributed by atoms with Crippen LogP contribution in [0.25, 0.3) is 11.1 Å². The normalized spacial score (nSPS) is 11.1. The van der Waals surface area contributed by atoms with E-state index in [4.69, 9.17) is 11.0 Å². The van der Waals surface area contributed by atoms with Crippen molar-refractivity contribution in [2.45, 2.75) is 25.9 Å². The maximum atomic E-state index is 13.0. The van der Waals surface area contributed by atoms with Gasteiger partial charge in [0.25, 0.3) is 0 Å². The van der Waals surface area contributed by atoms with Gasteiger partial charge < -0.3 is 11.1 Å². The van der Waals surface area contributed by atoms with Gasteiger partial charge in [0.1, 0.15) is 11.9 Å². The minimum absolute atomic E-state index is 0.0963. The number of pyridine rings is 1. The largest absolute Gasteiger partial charge is 0.416 e. The van der Waals surface area contributed by atoms with Crippen LogP contribution in [0.2, 0.25) is 0 Å². The lowest BCUT2D eigenvalue weighted by atomic mass is 10.0. The molecule has 0 bridgehead atoms. The number of alkyl halides is 3. The molecular weight excluding hydrogens is 405 g/mol. The standard InChI is InChI=1S/C23H19F3N4O/c1-14-5-7-19(11-20(14)23(24,25)26)30-21(31)8-6-15-3-2-4-16(9-15)18-10-17(12-27)22(28)29-13-18/h2-5,7,9-11,13H,6,8H2,1H3,(H2,28,29)(H,30,31). The fourth-order valence-corrected chi connectivity index (χ4v) is 3.12. The maximum absolute atomic E-state index is 13.0. The summed E-state index contributed by atoms with van der Waals surface area (Å²) >= 11 is 0. The summed E-state index contributed by atoms with van der Waals surface area (Å²) in [6.45, 7) is 1.37. The molecule has 1 amide bonds. The number of nitrogen functional groups attached to an aromatic ring is 1. The third kappa shape index (κ3) is 5.39. The molecule has 3 aromatic rings. The Morgan fingerprint density at radius 2 is 1.94 bits per heavy atom. The monoisotopic (exact) mass is 424 g/mol. The van der Waals surface area contributed by atoms with E-state index in [1.165, 1.54) is 19.1 Å². The number of carbonyl (C=O) groups excluding carboxylic acids is 1. The van der Waals surface area contributed by atoms with E-state index in [2.05, 4.69) is 10.3 Å². The van der Waals surface area contributed by atoms with Crippen molar-refractivity contribution >= 4 is 17.4 Å². The van der Waals surface area contributed by atoms with Gasteiger partial charge in [-0.3, -0.25) is 4.79 Å². The minimum Gasteiger partial charge on any atom is -0.383 e. The molecule has 0 unspecified atom stereocenters. The molecule has 0 atom stereocenters. The summed E-state index contributed by atoms with van der Waals surface area (Å²) in [5, 5.41) is 11.6. The smallest absolute Gasteiger partial charge is 0.383 e. The summed E-state index contributed by atoms with van der Waals surface area (Å²) < 4.78 is 39.1. The molecule has 1 aromatic heterocycles. The summed E-state index contributed by atoms with van der Waals surface area (Å²) in [6, 6.07) is 14.7. The Balaban J connectivity index is 1.68. The molecule has 0 saturated carbocycles. The van der Waals surface area contributed by atoms with Crippen molar-refractivity contribution in [1.82, 2.24) is 4.98 Å². The van der Waals surface area contributed by atoms with Crippen molar-refractivity contribution in [2.24, 2.45) is 0 Å². The summed E-state index contributed by atoms with van der Waals surface area (Å²) in [7, 11) is 0. The van der Waals surface area contributed by atoms with Crippen molar-refractivity contribution in [1.29, 1.82) is 5.26 Å². The quantitative estimate of drug-likeness (QED) is 0.596. The number of hydrogen-bond acceptors (Lipinski definition) is 4. The Morgan fingerprint density at radius 1 is 1.16 bits per heavy atom. The maximum Gasteiger partial charge on any atom is 0.416 e. The molecule has 0 fully saturated rings. The number of carbonyl (C=O) groups is 1.